The molecular formula is C31H40ClN5O5S2. The number of benzene rings is 2. The maximum absolute atomic E-state index is 13.3. The largest absolute Gasteiger partial charge is 0.487 e. The number of nitrogens with one attached hydrogen (secondary N) is 3. The van der Waals surface area contributed by atoms with E-state index in [0.29, 0.717) is 56.3 Å². The van der Waals surface area contributed by atoms with Gasteiger partial charge in [0.05, 0.1) is 14.8 Å². The van der Waals surface area contributed by atoms with Crippen LogP contribution >= 0.6 is 22.9 Å². The molecule has 0 bridgehead atoms. The van der Waals surface area contributed by atoms with Crippen molar-refractivity contribution in [2.45, 2.75) is 43.7 Å². The molecule has 13 heteroatoms. The Hall–Kier alpha value is -2.74. The third-order valence-electron chi connectivity index (χ3n) is 7.89. The molecule has 1 aromatic heterocycles. The van der Waals surface area contributed by atoms with Crippen molar-refractivity contribution in [3.63, 3.8) is 0 Å². The molecule has 2 aliphatic rings. The Kier molecular flexibility index (Phi) is 10.8. The Morgan fingerprint density at radius 2 is 1.89 bits per heavy atom. The van der Waals surface area contributed by atoms with Crippen LogP contribution in [0.15, 0.2) is 53.4 Å². The molecule has 2 fully saturated rings. The van der Waals surface area contributed by atoms with Crippen LogP contribution < -0.4 is 20.7 Å². The lowest BCUT2D eigenvalue weighted by Gasteiger charge is -2.34. The van der Waals surface area contributed by atoms with Crippen LogP contribution in [0.4, 0.5) is 0 Å². The minimum atomic E-state index is -3.71. The second-order valence-electron chi connectivity index (χ2n) is 11.7. The third-order valence-corrected chi connectivity index (χ3v) is 11.2. The SMILES string of the molecule is CC(C)CC(NC(=O)c1cc2ccccc2s1)C(=O)NCCN1CCN(S(=O)(=O)c2ccc(OC3CCNC3)c(Cl)c2)CC1. The van der Waals surface area contributed by atoms with Crippen LogP contribution in [0.1, 0.15) is 36.4 Å². The van der Waals surface area contributed by atoms with Crippen molar-refractivity contribution in [2.75, 3.05) is 52.4 Å². The monoisotopic (exact) mass is 661 g/mol. The lowest BCUT2D eigenvalue weighted by atomic mass is 10.0. The molecule has 2 aromatic carbocycles. The van der Waals surface area contributed by atoms with E-state index >= 15 is 0 Å². The van der Waals surface area contributed by atoms with E-state index in [-0.39, 0.29) is 33.8 Å². The molecule has 0 spiro atoms. The Morgan fingerprint density at radius 1 is 1.11 bits per heavy atom. The van der Waals surface area contributed by atoms with Crippen molar-refractivity contribution >= 4 is 54.9 Å². The molecule has 238 valence electrons. The first-order valence-corrected chi connectivity index (χ1v) is 17.7. The fourth-order valence-corrected chi connectivity index (χ4v) is 8.18. The van der Waals surface area contributed by atoms with Crippen LogP contribution in [0.3, 0.4) is 0 Å². The number of carbonyl (C=O) groups excluding carboxylic acids is 2. The molecule has 10 nitrogen and oxygen atoms in total. The standard InChI is InChI=1S/C31H40ClN5O5S2/c1-21(2)17-26(35-31(39)29-18-22-5-3-4-6-28(22)43-29)30(38)34-11-12-36-13-15-37(16-14-36)44(40,41)24-7-8-27(25(32)19-24)42-23-9-10-33-20-23/h3-8,18-19,21,23,26,33H,9-17,20H2,1-2H3,(H,34,38)(H,35,39). The normalized spacial score (nSPS) is 18.9. The Labute approximate surface area is 268 Å². The molecule has 0 aliphatic carbocycles. The van der Waals surface area contributed by atoms with Crippen molar-refractivity contribution in [1.29, 1.82) is 0 Å². The van der Waals surface area contributed by atoms with Gasteiger partial charge >= 0.3 is 0 Å². The highest BCUT2D eigenvalue weighted by atomic mass is 35.5. The maximum Gasteiger partial charge on any atom is 0.262 e. The number of halogens is 1. The van der Waals surface area contributed by atoms with Gasteiger partial charge in [-0.15, -0.1) is 11.3 Å². The number of piperazine rings is 1. The summed E-state index contributed by atoms with van der Waals surface area (Å²) in [5, 5.41) is 10.4. The summed E-state index contributed by atoms with van der Waals surface area (Å²) in [5.74, 6) is 0.231. The number of sulfonamides is 1. The molecule has 44 heavy (non-hydrogen) atoms. The van der Waals surface area contributed by atoms with E-state index in [2.05, 4.69) is 20.9 Å². The number of fused-ring (bicyclic) bond motifs is 1. The highest BCUT2D eigenvalue weighted by Gasteiger charge is 2.30. The summed E-state index contributed by atoms with van der Waals surface area (Å²) in [5.41, 5.74) is 0. The molecule has 2 saturated heterocycles. The van der Waals surface area contributed by atoms with Crippen LogP contribution in [0.2, 0.25) is 5.02 Å². The Bertz CT molecular complexity index is 1530. The summed E-state index contributed by atoms with van der Waals surface area (Å²) in [6.07, 6.45) is 1.43. The van der Waals surface area contributed by atoms with E-state index in [1.165, 1.54) is 21.7 Å². The van der Waals surface area contributed by atoms with Gasteiger partial charge < -0.3 is 20.7 Å². The van der Waals surface area contributed by atoms with E-state index in [9.17, 15) is 18.0 Å². The topological polar surface area (TPSA) is 120 Å². The number of hydrogen-bond donors (Lipinski definition) is 3. The summed E-state index contributed by atoms with van der Waals surface area (Å²) in [6, 6.07) is 13.7. The predicted octanol–water partition coefficient (Wildman–Crippen LogP) is 3.56. The van der Waals surface area contributed by atoms with Gasteiger partial charge in [-0.1, -0.05) is 43.6 Å². The third kappa shape index (κ3) is 8.09. The van der Waals surface area contributed by atoms with E-state index in [1.54, 1.807) is 12.1 Å². The number of carbonyl (C=O) groups is 2. The molecule has 3 aromatic rings. The van der Waals surface area contributed by atoms with Gasteiger partial charge in [-0.05, 0) is 61.0 Å². The number of hydrogen-bond acceptors (Lipinski definition) is 8. The fraction of sp³-hybridized carbons (Fsp3) is 0.484. The van der Waals surface area contributed by atoms with E-state index < -0.39 is 16.1 Å². The van der Waals surface area contributed by atoms with Gasteiger partial charge in [0.1, 0.15) is 17.9 Å². The van der Waals surface area contributed by atoms with Gasteiger partial charge in [0.25, 0.3) is 5.91 Å². The first kappa shape index (κ1) is 32.6. The van der Waals surface area contributed by atoms with E-state index in [0.717, 1.165) is 29.6 Å². The number of thiophene rings is 1. The summed E-state index contributed by atoms with van der Waals surface area (Å²) < 4.78 is 35.0. The first-order chi connectivity index (χ1) is 21.1. The van der Waals surface area contributed by atoms with E-state index in [1.807, 2.05) is 44.2 Å². The molecule has 0 radical (unpaired) electrons. The van der Waals surface area contributed by atoms with Crippen molar-refractivity contribution < 1.29 is 22.7 Å². The number of rotatable bonds is 12. The predicted molar refractivity (Wildman–Crippen MR) is 174 cm³/mol. The average Bonchev–Trinajstić information content (AvgIpc) is 3.68. The van der Waals surface area contributed by atoms with Gasteiger partial charge in [0.2, 0.25) is 15.9 Å². The van der Waals surface area contributed by atoms with Crippen LogP contribution in [-0.2, 0) is 14.8 Å². The second kappa shape index (κ2) is 14.6. The highest BCUT2D eigenvalue weighted by Crippen LogP contribution is 2.30. The zero-order valence-corrected chi connectivity index (χ0v) is 27.4. The molecular weight excluding hydrogens is 622 g/mol. The van der Waals surface area contributed by atoms with Crippen LogP contribution in [-0.4, -0.2) is 93.9 Å². The zero-order valence-electron chi connectivity index (χ0n) is 25.1. The summed E-state index contributed by atoms with van der Waals surface area (Å²) >= 11 is 7.80. The average molecular weight is 662 g/mol. The smallest absolute Gasteiger partial charge is 0.262 e. The molecule has 2 amide bonds. The van der Waals surface area contributed by atoms with Crippen molar-refractivity contribution in [3.8, 4) is 5.75 Å². The minimum absolute atomic E-state index is 0.0276. The lowest BCUT2D eigenvalue weighted by Crippen LogP contribution is -2.52. The van der Waals surface area contributed by atoms with Gasteiger partial charge in [-0.25, -0.2) is 8.42 Å². The Balaban J connectivity index is 1.09. The van der Waals surface area contributed by atoms with Crippen LogP contribution in [0.25, 0.3) is 10.1 Å². The fourth-order valence-electron chi connectivity index (χ4n) is 5.47. The van der Waals surface area contributed by atoms with Crippen molar-refractivity contribution in [1.82, 2.24) is 25.2 Å². The summed E-state index contributed by atoms with van der Waals surface area (Å²) in [4.78, 5) is 28.9. The van der Waals surface area contributed by atoms with Crippen LogP contribution in [0, 0.1) is 5.92 Å². The molecule has 5 rings (SSSR count). The van der Waals surface area contributed by atoms with Crippen molar-refractivity contribution in [2.24, 2.45) is 5.92 Å². The molecule has 3 N–H and O–H groups in total. The number of amides is 2. The summed E-state index contributed by atoms with van der Waals surface area (Å²) in [6.45, 7) is 8.38. The number of nitrogens with zero attached hydrogens (tertiary/aromatic N) is 2. The lowest BCUT2D eigenvalue weighted by molar-refractivity contribution is -0.123. The van der Waals surface area contributed by atoms with E-state index in [4.69, 9.17) is 16.3 Å². The van der Waals surface area contributed by atoms with Gasteiger partial charge in [0.15, 0.2) is 0 Å². The molecule has 2 unspecified atom stereocenters. The van der Waals surface area contributed by atoms with Crippen molar-refractivity contribution in [3.05, 3.63) is 58.4 Å². The molecule has 0 saturated carbocycles. The highest BCUT2D eigenvalue weighted by molar-refractivity contribution is 7.89. The van der Waals surface area contributed by atoms with Gasteiger partial charge in [-0.3, -0.25) is 14.5 Å². The zero-order chi connectivity index (χ0) is 31.3. The quantitative estimate of drug-likeness (QED) is 0.272. The van der Waals surface area contributed by atoms with Crippen LogP contribution in [0.5, 0.6) is 5.75 Å². The van der Waals surface area contributed by atoms with Gasteiger partial charge in [-0.2, -0.15) is 4.31 Å². The minimum Gasteiger partial charge on any atom is -0.487 e. The first-order valence-electron chi connectivity index (χ1n) is 15.1. The molecule has 3 heterocycles. The number of ether oxygens (including phenoxy) is 1. The molecule has 2 aliphatic heterocycles. The Morgan fingerprint density at radius 3 is 2.57 bits per heavy atom. The molecule has 2 atom stereocenters. The maximum atomic E-state index is 13.3. The second-order valence-corrected chi connectivity index (χ2v) is 15.1. The summed E-state index contributed by atoms with van der Waals surface area (Å²) in [7, 11) is -3.71. The van der Waals surface area contributed by atoms with Gasteiger partial charge in [0, 0.05) is 50.5 Å².